The number of ether oxygens (including phenoxy) is 4. The van der Waals surface area contributed by atoms with Crippen LogP contribution in [0.1, 0.15) is 160 Å². The molecular formula is C74H92N8O6. The van der Waals surface area contributed by atoms with Gasteiger partial charge in [-0.3, -0.25) is 19.4 Å². The van der Waals surface area contributed by atoms with Crippen molar-refractivity contribution in [1.29, 1.82) is 0 Å². The maximum atomic E-state index is 14.6. The van der Waals surface area contributed by atoms with Gasteiger partial charge in [0.15, 0.2) is 23.0 Å². The first kappa shape index (κ1) is 61.2. The highest BCUT2D eigenvalue weighted by atomic mass is 16.7. The van der Waals surface area contributed by atoms with Gasteiger partial charge in [0, 0.05) is 76.4 Å². The number of carbonyl (C=O) groups is 2. The Bertz CT molecular complexity index is 3460. The molecule has 2 amide bonds. The molecule has 7 aromatic rings. The summed E-state index contributed by atoms with van der Waals surface area (Å²) in [5.41, 5.74) is 9.71. The van der Waals surface area contributed by atoms with Crippen LogP contribution in [0.3, 0.4) is 0 Å². The third kappa shape index (κ3) is 14.0. The summed E-state index contributed by atoms with van der Waals surface area (Å²) in [6.45, 7) is 14.9. The van der Waals surface area contributed by atoms with E-state index in [4.69, 9.17) is 28.9 Å². The number of likely N-dealkylation sites (tertiary alicyclic amines) is 4. The Labute approximate surface area is 521 Å². The molecule has 2 aromatic heterocycles. The molecule has 0 radical (unpaired) electrons. The number of hydrogen-bond donors (Lipinski definition) is 2. The molecule has 13 rings (SSSR count). The zero-order valence-corrected chi connectivity index (χ0v) is 52.6. The topological polar surface area (TPSA) is 134 Å². The summed E-state index contributed by atoms with van der Waals surface area (Å²) < 4.78 is 22.9. The van der Waals surface area contributed by atoms with E-state index in [0.717, 1.165) is 112 Å². The summed E-state index contributed by atoms with van der Waals surface area (Å²) in [6, 6.07) is 39.9. The third-order valence-electron chi connectivity index (χ3n) is 20.0. The van der Waals surface area contributed by atoms with Crippen molar-refractivity contribution in [3.8, 4) is 45.5 Å². The van der Waals surface area contributed by atoms with Gasteiger partial charge in [-0.2, -0.15) is 0 Å². The van der Waals surface area contributed by atoms with Crippen molar-refractivity contribution in [2.24, 2.45) is 5.92 Å². The maximum absolute atomic E-state index is 14.6. The summed E-state index contributed by atoms with van der Waals surface area (Å²) in [5, 5.41) is 8.48. The number of carbonyl (C=O) groups excluding carboxylic acids is 2. The highest BCUT2D eigenvalue weighted by molar-refractivity contribution is 6.11. The Morgan fingerprint density at radius 1 is 0.534 bits per heavy atom. The first-order chi connectivity index (χ1) is 43.2. The van der Waals surface area contributed by atoms with Gasteiger partial charge in [-0.05, 0) is 154 Å². The largest absolute Gasteiger partial charge is 0.493 e. The van der Waals surface area contributed by atoms with E-state index in [2.05, 4.69) is 92.6 Å². The molecule has 7 heterocycles. The van der Waals surface area contributed by atoms with Gasteiger partial charge in [0.05, 0.1) is 53.8 Å². The number of nitrogens with zero attached hydrogens (tertiary/aromatic N) is 6. The SMILES string of the molecule is CC[C@H](NC(=O)c1c(CN2CCC(N3CCCCC3)CC2)c(-c2ccccc2)nc2cc3c(cc12)OCO3)c1ccccc1.COc1cc2nc(-c3ccccc3)c(CN3CCC(N4CCCCC4)CC3)c(C(=O)N[C@@H](C)C3CCCCC3)c2cc1OC. The predicted molar refractivity (Wildman–Crippen MR) is 351 cm³/mol. The number of fused-ring (bicyclic) bond motifs is 3. The molecule has 2 N–H and O–H groups in total. The zero-order valence-electron chi connectivity index (χ0n) is 52.6. The zero-order chi connectivity index (χ0) is 60.3. The lowest BCUT2D eigenvalue weighted by atomic mass is 9.84. The van der Waals surface area contributed by atoms with Crippen molar-refractivity contribution in [1.82, 2.24) is 40.2 Å². The molecule has 0 spiro atoms. The highest BCUT2D eigenvalue weighted by Crippen LogP contribution is 2.42. The number of methoxy groups -OCH3 is 2. The Morgan fingerprint density at radius 2 is 0.977 bits per heavy atom. The third-order valence-corrected chi connectivity index (χ3v) is 20.0. The molecule has 464 valence electrons. The van der Waals surface area contributed by atoms with E-state index in [-0.39, 0.29) is 30.7 Å². The van der Waals surface area contributed by atoms with Gasteiger partial charge in [-0.25, -0.2) is 9.97 Å². The fourth-order valence-corrected chi connectivity index (χ4v) is 15.1. The Kier molecular flexibility index (Phi) is 20.2. The van der Waals surface area contributed by atoms with Gasteiger partial charge in [-0.15, -0.1) is 0 Å². The van der Waals surface area contributed by atoms with Gasteiger partial charge in [0.1, 0.15) is 0 Å². The van der Waals surface area contributed by atoms with Crippen LogP contribution in [0, 0.1) is 5.92 Å². The molecule has 5 fully saturated rings. The van der Waals surface area contributed by atoms with Crippen LogP contribution in [-0.4, -0.2) is 133 Å². The average molecular weight is 1190 g/mol. The molecular weight excluding hydrogens is 1100 g/mol. The van der Waals surface area contributed by atoms with Crippen LogP contribution in [0.15, 0.2) is 115 Å². The molecule has 1 saturated carbocycles. The first-order valence-corrected chi connectivity index (χ1v) is 33.3. The lowest BCUT2D eigenvalue weighted by Gasteiger charge is -2.40. The number of amides is 2. The quantitative estimate of drug-likeness (QED) is 0.0899. The Morgan fingerprint density at radius 3 is 1.48 bits per heavy atom. The summed E-state index contributed by atoms with van der Waals surface area (Å²) >= 11 is 0. The van der Waals surface area contributed by atoms with Crippen LogP contribution < -0.4 is 29.6 Å². The first-order valence-electron chi connectivity index (χ1n) is 33.3. The van der Waals surface area contributed by atoms with E-state index in [1.165, 1.54) is 110 Å². The van der Waals surface area contributed by atoms with Crippen molar-refractivity contribution in [2.45, 2.75) is 154 Å². The highest BCUT2D eigenvalue weighted by Gasteiger charge is 2.33. The van der Waals surface area contributed by atoms with Crippen LogP contribution in [0.25, 0.3) is 44.3 Å². The second kappa shape index (κ2) is 29.0. The normalized spacial score (nSPS) is 19.2. The molecule has 0 bridgehead atoms. The van der Waals surface area contributed by atoms with Crippen LogP contribution >= 0.6 is 0 Å². The molecule has 14 nitrogen and oxygen atoms in total. The molecule has 14 heteroatoms. The number of nitrogens with one attached hydrogen (secondary N) is 2. The van der Waals surface area contributed by atoms with Gasteiger partial charge >= 0.3 is 0 Å². The van der Waals surface area contributed by atoms with E-state index in [1.54, 1.807) is 14.2 Å². The lowest BCUT2D eigenvalue weighted by Crippen LogP contribution is -2.46. The summed E-state index contributed by atoms with van der Waals surface area (Å²) in [4.78, 5) is 50.1. The molecule has 88 heavy (non-hydrogen) atoms. The lowest BCUT2D eigenvalue weighted by molar-refractivity contribution is 0.0878. The summed E-state index contributed by atoms with van der Waals surface area (Å²) in [6.07, 6.45) is 19.6. The molecule has 0 unspecified atom stereocenters. The predicted octanol–water partition coefficient (Wildman–Crippen LogP) is 14.0. The molecule has 1 aliphatic carbocycles. The Balaban J connectivity index is 0.000000171. The minimum atomic E-state index is -0.103. The molecule has 6 aliphatic rings. The van der Waals surface area contributed by atoms with Gasteiger partial charge in [0.25, 0.3) is 11.8 Å². The minimum Gasteiger partial charge on any atom is -0.493 e. The summed E-state index contributed by atoms with van der Waals surface area (Å²) in [5.74, 6) is 2.96. The van der Waals surface area contributed by atoms with Gasteiger partial charge in [-0.1, -0.05) is 130 Å². The van der Waals surface area contributed by atoms with Crippen molar-refractivity contribution >= 4 is 33.6 Å². The second-order valence-electron chi connectivity index (χ2n) is 25.5. The fraction of sp³-hybridized carbons (Fsp3) is 0.486. The molecule has 4 saturated heterocycles. The number of piperidine rings is 4. The van der Waals surface area contributed by atoms with Crippen molar-refractivity contribution in [3.63, 3.8) is 0 Å². The van der Waals surface area contributed by atoms with Crippen LogP contribution in [0.2, 0.25) is 0 Å². The molecule has 2 atom stereocenters. The van der Waals surface area contributed by atoms with E-state index in [1.807, 2.05) is 66.7 Å². The Hall–Kier alpha value is -7.10. The number of rotatable bonds is 17. The van der Waals surface area contributed by atoms with Gasteiger partial charge < -0.3 is 39.4 Å². The molecule has 5 aliphatic heterocycles. The van der Waals surface area contributed by atoms with E-state index in [0.29, 0.717) is 59.7 Å². The number of pyridine rings is 2. The van der Waals surface area contributed by atoms with E-state index >= 15 is 0 Å². The van der Waals surface area contributed by atoms with Crippen molar-refractivity contribution in [3.05, 3.63) is 143 Å². The van der Waals surface area contributed by atoms with E-state index in [9.17, 15) is 9.59 Å². The monoisotopic (exact) mass is 1190 g/mol. The van der Waals surface area contributed by atoms with Crippen molar-refractivity contribution in [2.75, 3.05) is 73.4 Å². The number of aromatic nitrogens is 2. The fourth-order valence-electron chi connectivity index (χ4n) is 15.1. The smallest absolute Gasteiger partial charge is 0.252 e. The van der Waals surface area contributed by atoms with E-state index < -0.39 is 0 Å². The van der Waals surface area contributed by atoms with Gasteiger partial charge in [0.2, 0.25) is 6.79 Å². The average Bonchev–Trinajstić information content (AvgIpc) is 1.24. The molecule has 5 aromatic carbocycles. The number of hydrogen-bond acceptors (Lipinski definition) is 12. The van der Waals surface area contributed by atoms with Crippen molar-refractivity contribution < 1.29 is 28.5 Å². The summed E-state index contributed by atoms with van der Waals surface area (Å²) in [7, 11) is 3.29. The van der Waals surface area contributed by atoms with Crippen LogP contribution in [0.5, 0.6) is 23.0 Å². The van der Waals surface area contributed by atoms with Crippen LogP contribution in [-0.2, 0) is 13.1 Å². The second-order valence-corrected chi connectivity index (χ2v) is 25.5. The number of benzene rings is 5. The van der Waals surface area contributed by atoms with Crippen LogP contribution in [0.4, 0.5) is 0 Å². The minimum absolute atomic E-state index is 0.0157. The standard InChI is InChI=1S/C37H42N4O3.C37H50N4O3/c1-2-31(26-12-6-3-7-13-26)39-37(42)35-29-22-33-34(44-25-43-33)23-32(29)38-36(27-14-8-4-9-15-27)30(35)24-40-20-16-28(17-21-40)41-18-10-5-11-19-41;1-26(27-13-7-4-8-14-27)38-37(42)35-30-23-33(43-2)34(44-3)24-32(30)39-36(28-15-9-5-10-16-28)31(35)25-40-21-17-29(18-22-40)41-19-11-6-12-20-41/h3-4,6-9,12-15,22-23,28,31H,2,5,10-11,16-21,24-25H2,1H3,(H,39,42);5,9-10,15-16,23-24,26-27,29H,4,6-8,11-14,17-22,25H2,1-3H3,(H,38,42)/t31-;26-/m00/s1. The maximum Gasteiger partial charge on any atom is 0.252 e.